The Kier molecular flexibility index (Phi) is 3.40. The van der Waals surface area contributed by atoms with E-state index in [2.05, 4.69) is 22.5 Å². The minimum Gasteiger partial charge on any atom is -0.344 e. The minimum absolute atomic E-state index is 0.339. The van der Waals surface area contributed by atoms with E-state index in [0.29, 0.717) is 5.02 Å². The van der Waals surface area contributed by atoms with Crippen molar-refractivity contribution in [3.05, 3.63) is 63.5 Å². The maximum Gasteiger partial charge on any atom is 0.124 e. The fraction of sp³-hybridized carbons (Fsp3) is 0.0769. The Bertz CT molecular complexity index is 548. The molecule has 1 nitrogen and oxygen atoms in total. The van der Waals surface area contributed by atoms with Crippen LogP contribution < -0.4 is 0 Å². The predicted molar refractivity (Wildman–Crippen MR) is 73.3 cm³/mol. The van der Waals surface area contributed by atoms with Gasteiger partial charge in [-0.1, -0.05) is 18.2 Å². The second-order valence-electron chi connectivity index (χ2n) is 3.70. The van der Waals surface area contributed by atoms with Crippen molar-refractivity contribution in [3.8, 4) is 0 Å². The fourth-order valence-corrected chi connectivity index (χ4v) is 2.30. The molecule has 0 aliphatic carbocycles. The van der Waals surface area contributed by atoms with E-state index in [1.165, 1.54) is 12.1 Å². The molecule has 1 aromatic rings. The SMILES string of the molecule is C=C1C(Br)=CC=C(c2ccc(F)cc2Cl)N1C. The van der Waals surface area contributed by atoms with Gasteiger partial charge in [0.1, 0.15) is 5.82 Å². The maximum absolute atomic E-state index is 13.0. The molecule has 1 aromatic carbocycles. The van der Waals surface area contributed by atoms with Gasteiger partial charge in [0.2, 0.25) is 0 Å². The van der Waals surface area contributed by atoms with Crippen LogP contribution in [-0.4, -0.2) is 11.9 Å². The Morgan fingerprint density at radius 2 is 2.06 bits per heavy atom. The first-order valence-electron chi connectivity index (χ1n) is 4.96. The van der Waals surface area contributed by atoms with Gasteiger partial charge in [-0.3, -0.25) is 0 Å². The summed E-state index contributed by atoms with van der Waals surface area (Å²) in [7, 11) is 1.89. The monoisotopic (exact) mass is 313 g/mol. The molecule has 1 aliphatic rings. The highest BCUT2D eigenvalue weighted by Crippen LogP contribution is 2.34. The van der Waals surface area contributed by atoms with Crippen LogP contribution in [0.15, 0.2) is 47.1 Å². The van der Waals surface area contributed by atoms with Crippen molar-refractivity contribution >= 4 is 33.2 Å². The predicted octanol–water partition coefficient (Wildman–Crippen LogP) is 4.56. The van der Waals surface area contributed by atoms with E-state index in [-0.39, 0.29) is 5.82 Å². The zero-order valence-electron chi connectivity index (χ0n) is 9.17. The Balaban J connectivity index is 2.51. The second kappa shape index (κ2) is 4.67. The minimum atomic E-state index is -0.339. The number of allylic oxidation sites excluding steroid dienone is 3. The highest BCUT2D eigenvalue weighted by Gasteiger charge is 2.18. The third-order valence-electron chi connectivity index (χ3n) is 2.64. The standard InChI is InChI=1S/C13H10BrClFN/c1-8-11(14)5-6-13(17(8)2)10-4-3-9(16)7-12(10)15/h3-7H,1H2,2H3. The lowest BCUT2D eigenvalue weighted by molar-refractivity contribution is 0.610. The molecule has 0 aromatic heterocycles. The maximum atomic E-state index is 13.0. The Morgan fingerprint density at radius 1 is 1.35 bits per heavy atom. The lowest BCUT2D eigenvalue weighted by atomic mass is 10.1. The summed E-state index contributed by atoms with van der Waals surface area (Å²) < 4.78 is 13.9. The molecule has 0 fully saturated rings. The molecule has 88 valence electrons. The molecule has 17 heavy (non-hydrogen) atoms. The highest BCUT2D eigenvalue weighted by atomic mass is 79.9. The molecule has 0 atom stereocenters. The molecular formula is C13H10BrClFN. The normalized spacial score (nSPS) is 15.8. The van der Waals surface area contributed by atoms with E-state index < -0.39 is 0 Å². The van der Waals surface area contributed by atoms with E-state index in [1.54, 1.807) is 6.07 Å². The zero-order chi connectivity index (χ0) is 12.6. The smallest absolute Gasteiger partial charge is 0.124 e. The molecule has 0 spiro atoms. The third-order valence-corrected chi connectivity index (χ3v) is 3.67. The molecule has 1 heterocycles. The number of hydrogen-bond acceptors (Lipinski definition) is 1. The number of nitrogens with zero attached hydrogens (tertiary/aromatic N) is 1. The first kappa shape index (κ1) is 12.4. The van der Waals surface area contributed by atoms with Crippen LogP contribution in [-0.2, 0) is 0 Å². The summed E-state index contributed by atoms with van der Waals surface area (Å²) in [6.45, 7) is 3.95. The van der Waals surface area contributed by atoms with Gasteiger partial charge >= 0.3 is 0 Å². The van der Waals surface area contributed by atoms with Crippen LogP contribution in [0.25, 0.3) is 5.70 Å². The summed E-state index contributed by atoms with van der Waals surface area (Å²) >= 11 is 9.45. The molecule has 0 bridgehead atoms. The van der Waals surface area contributed by atoms with E-state index in [1.807, 2.05) is 24.1 Å². The van der Waals surface area contributed by atoms with Gasteiger partial charge in [0.05, 0.1) is 5.02 Å². The first-order chi connectivity index (χ1) is 8.00. The Labute approximate surface area is 113 Å². The van der Waals surface area contributed by atoms with Gasteiger partial charge in [-0.25, -0.2) is 4.39 Å². The second-order valence-corrected chi connectivity index (χ2v) is 4.96. The van der Waals surface area contributed by atoms with Crippen molar-refractivity contribution in [1.82, 2.24) is 4.90 Å². The number of halogens is 3. The molecule has 0 unspecified atom stereocenters. The van der Waals surface area contributed by atoms with Gasteiger partial charge in [-0.05, 0) is 46.3 Å². The van der Waals surface area contributed by atoms with E-state index in [9.17, 15) is 4.39 Å². The average molecular weight is 315 g/mol. The summed E-state index contributed by atoms with van der Waals surface area (Å²) in [5, 5.41) is 0.391. The number of rotatable bonds is 1. The van der Waals surface area contributed by atoms with Gasteiger partial charge in [0.15, 0.2) is 0 Å². The quantitative estimate of drug-likeness (QED) is 0.734. The zero-order valence-corrected chi connectivity index (χ0v) is 11.5. The van der Waals surface area contributed by atoms with Crippen molar-refractivity contribution in [3.63, 3.8) is 0 Å². The fourth-order valence-electron chi connectivity index (χ4n) is 1.63. The van der Waals surface area contributed by atoms with Crippen LogP contribution in [0.3, 0.4) is 0 Å². The van der Waals surface area contributed by atoms with Crippen LogP contribution in [0.1, 0.15) is 5.56 Å². The number of likely N-dealkylation sites (N-methyl/N-ethyl adjacent to an activating group) is 1. The number of benzene rings is 1. The Hall–Kier alpha value is -1.06. The van der Waals surface area contributed by atoms with Crippen molar-refractivity contribution in [1.29, 1.82) is 0 Å². The summed E-state index contributed by atoms with van der Waals surface area (Å²) in [5.74, 6) is -0.339. The summed E-state index contributed by atoms with van der Waals surface area (Å²) in [5.41, 5.74) is 2.51. The summed E-state index contributed by atoms with van der Waals surface area (Å²) in [6.07, 6.45) is 3.81. The van der Waals surface area contributed by atoms with Gasteiger partial charge in [0, 0.05) is 28.5 Å². The Morgan fingerprint density at radius 3 is 2.71 bits per heavy atom. The van der Waals surface area contributed by atoms with Crippen LogP contribution in [0.5, 0.6) is 0 Å². The van der Waals surface area contributed by atoms with E-state index >= 15 is 0 Å². The van der Waals surface area contributed by atoms with Gasteiger partial charge in [0.25, 0.3) is 0 Å². The van der Waals surface area contributed by atoms with Crippen molar-refractivity contribution < 1.29 is 4.39 Å². The lowest BCUT2D eigenvalue weighted by Crippen LogP contribution is -2.18. The largest absolute Gasteiger partial charge is 0.344 e. The molecule has 0 saturated carbocycles. The molecule has 0 saturated heterocycles. The topological polar surface area (TPSA) is 3.24 Å². The molecule has 0 radical (unpaired) electrons. The summed E-state index contributed by atoms with van der Waals surface area (Å²) in [4.78, 5) is 1.91. The van der Waals surface area contributed by atoms with Crippen LogP contribution in [0.2, 0.25) is 5.02 Å². The highest BCUT2D eigenvalue weighted by molar-refractivity contribution is 9.12. The molecule has 2 rings (SSSR count). The average Bonchev–Trinajstić information content (AvgIpc) is 2.28. The van der Waals surface area contributed by atoms with Crippen molar-refractivity contribution in [2.45, 2.75) is 0 Å². The molecular weight excluding hydrogens is 305 g/mol. The number of hydrogen-bond donors (Lipinski definition) is 0. The van der Waals surface area contributed by atoms with Crippen molar-refractivity contribution in [2.75, 3.05) is 7.05 Å². The van der Waals surface area contributed by atoms with Crippen LogP contribution in [0, 0.1) is 5.82 Å². The molecule has 0 amide bonds. The molecule has 1 aliphatic heterocycles. The molecule has 0 N–H and O–H groups in total. The third kappa shape index (κ3) is 2.31. The van der Waals surface area contributed by atoms with E-state index in [0.717, 1.165) is 21.4 Å². The van der Waals surface area contributed by atoms with E-state index in [4.69, 9.17) is 11.6 Å². The van der Waals surface area contributed by atoms with Gasteiger partial charge in [-0.2, -0.15) is 0 Å². The van der Waals surface area contributed by atoms with Crippen LogP contribution in [0.4, 0.5) is 4.39 Å². The van der Waals surface area contributed by atoms with Crippen LogP contribution >= 0.6 is 27.5 Å². The van der Waals surface area contributed by atoms with Gasteiger partial charge < -0.3 is 4.90 Å². The summed E-state index contributed by atoms with van der Waals surface area (Å²) in [6, 6.07) is 4.37. The lowest BCUT2D eigenvalue weighted by Gasteiger charge is -2.28. The molecule has 4 heteroatoms. The van der Waals surface area contributed by atoms with Gasteiger partial charge in [-0.15, -0.1) is 0 Å². The van der Waals surface area contributed by atoms with Crippen molar-refractivity contribution in [2.24, 2.45) is 0 Å². The first-order valence-corrected chi connectivity index (χ1v) is 6.13.